The lowest BCUT2D eigenvalue weighted by atomic mass is 10.2. The molecule has 1 amide bonds. The summed E-state index contributed by atoms with van der Waals surface area (Å²) >= 11 is 0. The number of hydrogen-bond donors (Lipinski definition) is 1. The first-order valence-electron chi connectivity index (χ1n) is 8.75. The first kappa shape index (κ1) is 20.9. The van der Waals surface area contributed by atoms with Gasteiger partial charge in [-0.05, 0) is 39.3 Å². The Bertz CT molecular complexity index is 704. The number of alkyl carbamates (subject to hydrolysis) is 1. The van der Waals surface area contributed by atoms with Gasteiger partial charge in [-0.1, -0.05) is 60.7 Å². The number of benzene rings is 2. The zero-order valence-electron chi connectivity index (χ0n) is 16.1. The maximum absolute atomic E-state index is 12.3. The van der Waals surface area contributed by atoms with Crippen LogP contribution in [0.25, 0.3) is 0 Å². The standard InChI is InChI=1S/C21H26NO4P/c1-21(2,3)26-20(24)22-18(19(23)25-4)15-27(16-11-7-5-8-12-16)17-13-9-6-10-14-17/h5-14,18H,15H2,1-4H3,(H,22,24). The van der Waals surface area contributed by atoms with E-state index in [0.717, 1.165) is 10.6 Å². The molecule has 0 heterocycles. The van der Waals surface area contributed by atoms with Crippen LogP contribution in [0.4, 0.5) is 4.79 Å². The lowest BCUT2D eigenvalue weighted by Crippen LogP contribution is -2.46. The zero-order chi connectivity index (χ0) is 19.9. The zero-order valence-corrected chi connectivity index (χ0v) is 17.0. The van der Waals surface area contributed by atoms with Crippen LogP contribution < -0.4 is 15.9 Å². The van der Waals surface area contributed by atoms with Crippen molar-refractivity contribution < 1.29 is 19.1 Å². The van der Waals surface area contributed by atoms with Gasteiger partial charge in [-0.2, -0.15) is 0 Å². The third-order valence-electron chi connectivity index (χ3n) is 3.68. The van der Waals surface area contributed by atoms with Gasteiger partial charge < -0.3 is 14.8 Å². The van der Waals surface area contributed by atoms with Crippen molar-refractivity contribution in [2.24, 2.45) is 0 Å². The molecule has 2 rings (SSSR count). The molecule has 0 bridgehead atoms. The van der Waals surface area contributed by atoms with Crippen molar-refractivity contribution in [2.45, 2.75) is 32.4 Å². The second-order valence-corrected chi connectivity index (χ2v) is 9.26. The van der Waals surface area contributed by atoms with E-state index in [2.05, 4.69) is 5.32 Å². The molecule has 0 saturated carbocycles. The van der Waals surface area contributed by atoms with Crippen LogP contribution in [0, 0.1) is 0 Å². The summed E-state index contributed by atoms with van der Waals surface area (Å²) in [6.45, 7) is 5.33. The summed E-state index contributed by atoms with van der Waals surface area (Å²) in [6, 6.07) is 19.2. The SMILES string of the molecule is COC(=O)C(CP(c1ccccc1)c1ccccc1)NC(=O)OC(C)(C)C. The highest BCUT2D eigenvalue weighted by Gasteiger charge is 2.29. The molecule has 2 aromatic rings. The number of carbonyl (C=O) groups is 2. The van der Waals surface area contributed by atoms with Crippen molar-refractivity contribution in [1.29, 1.82) is 0 Å². The van der Waals surface area contributed by atoms with Crippen molar-refractivity contribution in [3.8, 4) is 0 Å². The topological polar surface area (TPSA) is 64.6 Å². The van der Waals surface area contributed by atoms with E-state index in [-0.39, 0.29) is 0 Å². The van der Waals surface area contributed by atoms with Gasteiger partial charge in [0.25, 0.3) is 0 Å². The molecule has 5 nitrogen and oxygen atoms in total. The Morgan fingerprint density at radius 1 is 0.963 bits per heavy atom. The second-order valence-electron chi connectivity index (χ2n) is 7.00. The fraction of sp³-hybridized carbons (Fsp3) is 0.333. The molecule has 0 aliphatic heterocycles. The Hall–Kier alpha value is -2.39. The van der Waals surface area contributed by atoms with Crippen LogP contribution in [-0.2, 0) is 14.3 Å². The monoisotopic (exact) mass is 387 g/mol. The predicted molar refractivity (Wildman–Crippen MR) is 109 cm³/mol. The highest BCUT2D eigenvalue weighted by molar-refractivity contribution is 7.73. The molecule has 27 heavy (non-hydrogen) atoms. The normalized spacial score (nSPS) is 12.3. The Morgan fingerprint density at radius 3 is 1.85 bits per heavy atom. The van der Waals surface area contributed by atoms with Crippen LogP contribution in [0.3, 0.4) is 0 Å². The van der Waals surface area contributed by atoms with Gasteiger partial charge in [0.05, 0.1) is 7.11 Å². The second kappa shape index (κ2) is 9.52. The van der Waals surface area contributed by atoms with E-state index in [1.807, 2.05) is 60.7 Å². The molecule has 1 unspecified atom stereocenters. The molecule has 144 valence electrons. The summed E-state index contributed by atoms with van der Waals surface area (Å²) in [7, 11) is 0.456. The molecule has 0 radical (unpaired) electrons. The lowest BCUT2D eigenvalue weighted by Gasteiger charge is -2.26. The smallest absolute Gasteiger partial charge is 0.408 e. The maximum atomic E-state index is 12.3. The number of nitrogens with one attached hydrogen (secondary N) is 1. The van der Waals surface area contributed by atoms with Crippen molar-refractivity contribution in [1.82, 2.24) is 5.32 Å². The maximum Gasteiger partial charge on any atom is 0.408 e. The first-order valence-corrected chi connectivity index (χ1v) is 10.3. The number of hydrogen-bond acceptors (Lipinski definition) is 4. The Labute approximate surface area is 161 Å². The summed E-state index contributed by atoms with van der Waals surface area (Å²) in [5, 5.41) is 4.92. The molecular weight excluding hydrogens is 361 g/mol. The third-order valence-corrected chi connectivity index (χ3v) is 6.25. The number of ether oxygens (including phenoxy) is 2. The van der Waals surface area contributed by atoms with Crippen LogP contribution in [0.15, 0.2) is 60.7 Å². The molecular formula is C21H26NO4P. The van der Waals surface area contributed by atoms with E-state index < -0.39 is 31.6 Å². The van der Waals surface area contributed by atoms with Crippen LogP contribution in [0.1, 0.15) is 20.8 Å². The number of rotatable bonds is 6. The van der Waals surface area contributed by atoms with Gasteiger partial charge in [0.15, 0.2) is 0 Å². The summed E-state index contributed by atoms with van der Waals surface area (Å²) in [4.78, 5) is 24.5. The first-order chi connectivity index (χ1) is 12.8. The van der Waals surface area contributed by atoms with E-state index in [9.17, 15) is 9.59 Å². The minimum Gasteiger partial charge on any atom is -0.467 e. The van der Waals surface area contributed by atoms with Gasteiger partial charge in [0, 0.05) is 6.16 Å². The third kappa shape index (κ3) is 6.69. The fourth-order valence-electron chi connectivity index (χ4n) is 2.53. The van der Waals surface area contributed by atoms with E-state index in [0.29, 0.717) is 6.16 Å². The minimum atomic E-state index is -0.863. The highest BCUT2D eigenvalue weighted by Crippen LogP contribution is 2.34. The fourth-order valence-corrected chi connectivity index (χ4v) is 4.92. The molecule has 1 atom stereocenters. The molecule has 0 spiro atoms. The van der Waals surface area contributed by atoms with Crippen LogP contribution in [0.2, 0.25) is 0 Å². The number of amides is 1. The predicted octanol–water partition coefficient (Wildman–Crippen LogP) is 3.19. The summed E-state index contributed by atoms with van der Waals surface area (Å²) < 4.78 is 10.2. The number of methoxy groups -OCH3 is 1. The molecule has 0 fully saturated rings. The van der Waals surface area contributed by atoms with Crippen molar-refractivity contribution in [3.05, 3.63) is 60.7 Å². The molecule has 0 aromatic heterocycles. The van der Waals surface area contributed by atoms with Gasteiger partial charge >= 0.3 is 12.1 Å². The molecule has 0 aliphatic carbocycles. The summed E-state index contributed by atoms with van der Waals surface area (Å²) in [5.41, 5.74) is -0.644. The summed E-state index contributed by atoms with van der Waals surface area (Å²) in [6.07, 6.45) is -0.205. The largest absolute Gasteiger partial charge is 0.467 e. The van der Waals surface area contributed by atoms with E-state index in [1.165, 1.54) is 7.11 Å². The van der Waals surface area contributed by atoms with Gasteiger partial charge in [-0.25, -0.2) is 9.59 Å². The van der Waals surface area contributed by atoms with Crippen molar-refractivity contribution in [3.63, 3.8) is 0 Å². The Balaban J connectivity index is 2.27. The van der Waals surface area contributed by atoms with Gasteiger partial charge in [-0.3, -0.25) is 0 Å². The van der Waals surface area contributed by atoms with Crippen molar-refractivity contribution in [2.75, 3.05) is 13.3 Å². The average molecular weight is 387 g/mol. The minimum absolute atomic E-state index is 0.426. The van der Waals surface area contributed by atoms with Crippen molar-refractivity contribution >= 4 is 30.6 Å². The lowest BCUT2D eigenvalue weighted by molar-refractivity contribution is -0.142. The molecule has 1 N–H and O–H groups in total. The van der Waals surface area contributed by atoms with Crippen LogP contribution in [0.5, 0.6) is 0 Å². The highest BCUT2D eigenvalue weighted by atomic mass is 31.1. The quantitative estimate of drug-likeness (QED) is 0.611. The Morgan fingerprint density at radius 2 is 1.44 bits per heavy atom. The molecule has 2 aromatic carbocycles. The number of esters is 1. The molecule has 6 heteroatoms. The number of carbonyl (C=O) groups excluding carboxylic acids is 2. The average Bonchev–Trinajstić information content (AvgIpc) is 2.64. The van der Waals surface area contributed by atoms with Gasteiger partial charge in [0.2, 0.25) is 0 Å². The van der Waals surface area contributed by atoms with Crippen LogP contribution >= 0.6 is 7.92 Å². The van der Waals surface area contributed by atoms with Gasteiger partial charge in [0.1, 0.15) is 11.6 Å². The van der Waals surface area contributed by atoms with Crippen LogP contribution in [-0.4, -0.2) is 37.0 Å². The van der Waals surface area contributed by atoms with E-state index >= 15 is 0 Å². The van der Waals surface area contributed by atoms with E-state index in [4.69, 9.17) is 9.47 Å². The van der Waals surface area contributed by atoms with E-state index in [1.54, 1.807) is 20.8 Å². The summed E-state index contributed by atoms with van der Waals surface area (Å²) in [5.74, 6) is -0.486. The molecule has 0 aliphatic rings. The Kier molecular flexibility index (Phi) is 7.37. The van der Waals surface area contributed by atoms with Gasteiger partial charge in [-0.15, -0.1) is 0 Å². The molecule has 0 saturated heterocycles.